The summed E-state index contributed by atoms with van der Waals surface area (Å²) in [6.07, 6.45) is 2.98. The van der Waals surface area contributed by atoms with Crippen molar-refractivity contribution in [3.8, 4) is 5.69 Å². The van der Waals surface area contributed by atoms with Gasteiger partial charge in [-0.2, -0.15) is 19.7 Å². The van der Waals surface area contributed by atoms with Crippen molar-refractivity contribution in [2.45, 2.75) is 0 Å². The number of nitrogens with zero attached hydrogens (tertiary/aromatic N) is 5. The zero-order valence-electron chi connectivity index (χ0n) is 9.99. The normalized spacial score (nSPS) is 11.4. The molecular formula is C12H7ClN6O. The lowest BCUT2D eigenvalue weighted by Gasteiger charge is -2.02. The number of hydrogen-bond donors (Lipinski definition) is 1. The molecule has 8 heteroatoms. The largest absolute Gasteiger partial charge is 0.286 e. The molecule has 0 bridgehead atoms. The third kappa shape index (κ3) is 1.47. The molecule has 0 aliphatic heterocycles. The van der Waals surface area contributed by atoms with Crippen molar-refractivity contribution >= 4 is 28.4 Å². The van der Waals surface area contributed by atoms with Crippen molar-refractivity contribution in [2.24, 2.45) is 0 Å². The molecule has 0 radical (unpaired) electrons. The van der Waals surface area contributed by atoms with Crippen molar-refractivity contribution in [2.75, 3.05) is 0 Å². The van der Waals surface area contributed by atoms with E-state index in [1.54, 1.807) is 23.0 Å². The van der Waals surface area contributed by atoms with Crippen LogP contribution in [0.15, 0.2) is 41.6 Å². The van der Waals surface area contributed by atoms with E-state index >= 15 is 0 Å². The van der Waals surface area contributed by atoms with Gasteiger partial charge in [0.2, 0.25) is 5.78 Å². The van der Waals surface area contributed by atoms with Gasteiger partial charge in [-0.3, -0.25) is 14.5 Å². The highest BCUT2D eigenvalue weighted by molar-refractivity contribution is 6.30. The quantitative estimate of drug-likeness (QED) is 0.574. The molecule has 0 atom stereocenters. The van der Waals surface area contributed by atoms with Gasteiger partial charge in [-0.1, -0.05) is 11.6 Å². The Morgan fingerprint density at radius 2 is 2.00 bits per heavy atom. The Labute approximate surface area is 116 Å². The molecule has 0 amide bonds. The van der Waals surface area contributed by atoms with E-state index in [0.29, 0.717) is 21.8 Å². The van der Waals surface area contributed by atoms with Gasteiger partial charge in [0.15, 0.2) is 5.65 Å². The fraction of sp³-hybridized carbons (Fsp3) is 0. The minimum absolute atomic E-state index is 0.258. The van der Waals surface area contributed by atoms with Crippen molar-refractivity contribution in [1.29, 1.82) is 0 Å². The zero-order chi connectivity index (χ0) is 13.7. The smallest absolute Gasteiger partial charge is 0.267 e. The van der Waals surface area contributed by atoms with Gasteiger partial charge in [0.25, 0.3) is 5.56 Å². The topological polar surface area (TPSA) is 80.9 Å². The predicted molar refractivity (Wildman–Crippen MR) is 73.2 cm³/mol. The van der Waals surface area contributed by atoms with Crippen LogP contribution in [0.3, 0.4) is 0 Å². The number of benzene rings is 1. The van der Waals surface area contributed by atoms with E-state index in [0.717, 1.165) is 5.69 Å². The van der Waals surface area contributed by atoms with E-state index < -0.39 is 0 Å². The summed E-state index contributed by atoms with van der Waals surface area (Å²) in [6.45, 7) is 0. The van der Waals surface area contributed by atoms with Crippen LogP contribution in [0, 0.1) is 0 Å². The summed E-state index contributed by atoms with van der Waals surface area (Å²) in [6, 6.07) is 7.18. The molecule has 0 unspecified atom stereocenters. The second-order valence-electron chi connectivity index (χ2n) is 4.24. The number of aromatic nitrogens is 6. The van der Waals surface area contributed by atoms with Crippen LogP contribution >= 0.6 is 11.6 Å². The molecule has 0 fully saturated rings. The standard InChI is InChI=1S/C12H7ClN6O/c13-7-1-3-8(4-2-7)18-6-15-19-11(20)9-5-14-17-10(9)16-12(18)19/h1-6H,(H,14,17). The molecule has 3 heterocycles. The molecule has 0 spiro atoms. The Kier molecular flexibility index (Phi) is 2.19. The van der Waals surface area contributed by atoms with E-state index in [-0.39, 0.29) is 5.56 Å². The molecule has 7 nitrogen and oxygen atoms in total. The first-order valence-electron chi connectivity index (χ1n) is 5.79. The van der Waals surface area contributed by atoms with Crippen LogP contribution in [-0.4, -0.2) is 29.4 Å². The summed E-state index contributed by atoms with van der Waals surface area (Å²) in [7, 11) is 0. The molecule has 1 N–H and O–H groups in total. The summed E-state index contributed by atoms with van der Waals surface area (Å²) >= 11 is 5.87. The Balaban J connectivity index is 2.08. The summed E-state index contributed by atoms with van der Waals surface area (Å²) in [4.78, 5) is 16.6. The lowest BCUT2D eigenvalue weighted by atomic mass is 10.3. The first kappa shape index (κ1) is 11.2. The predicted octanol–water partition coefficient (Wildman–Crippen LogP) is 1.41. The maximum atomic E-state index is 12.2. The minimum Gasteiger partial charge on any atom is -0.267 e. The van der Waals surface area contributed by atoms with Crippen molar-refractivity contribution < 1.29 is 0 Å². The van der Waals surface area contributed by atoms with Crippen molar-refractivity contribution in [3.05, 3.63) is 52.2 Å². The second-order valence-corrected chi connectivity index (χ2v) is 4.67. The highest BCUT2D eigenvalue weighted by atomic mass is 35.5. The van der Waals surface area contributed by atoms with Crippen LogP contribution in [0.1, 0.15) is 0 Å². The van der Waals surface area contributed by atoms with E-state index in [1.165, 1.54) is 10.7 Å². The molecule has 20 heavy (non-hydrogen) atoms. The van der Waals surface area contributed by atoms with Gasteiger partial charge < -0.3 is 0 Å². The molecule has 1 aromatic carbocycles. The molecule has 0 aliphatic carbocycles. The van der Waals surface area contributed by atoms with Crippen LogP contribution in [0.4, 0.5) is 0 Å². The first-order valence-corrected chi connectivity index (χ1v) is 6.17. The summed E-state index contributed by atoms with van der Waals surface area (Å²) in [5.74, 6) is 0.411. The Bertz CT molecular complexity index is 981. The summed E-state index contributed by atoms with van der Waals surface area (Å²) in [5, 5.41) is 11.6. The molecule has 4 aromatic rings. The van der Waals surface area contributed by atoms with Gasteiger partial charge in [0.1, 0.15) is 11.7 Å². The highest BCUT2D eigenvalue weighted by Gasteiger charge is 2.12. The lowest BCUT2D eigenvalue weighted by Crippen LogP contribution is -2.15. The van der Waals surface area contributed by atoms with Gasteiger partial charge in [-0.05, 0) is 24.3 Å². The Hall–Kier alpha value is -2.67. The van der Waals surface area contributed by atoms with Crippen LogP contribution < -0.4 is 5.56 Å². The summed E-state index contributed by atoms with van der Waals surface area (Å²) in [5.41, 5.74) is 0.993. The Morgan fingerprint density at radius 3 is 2.80 bits per heavy atom. The molecule has 0 saturated carbocycles. The van der Waals surface area contributed by atoms with E-state index in [1.807, 2.05) is 12.1 Å². The monoisotopic (exact) mass is 286 g/mol. The van der Waals surface area contributed by atoms with Crippen LogP contribution in [0.5, 0.6) is 0 Å². The Morgan fingerprint density at radius 1 is 1.20 bits per heavy atom. The number of hydrogen-bond acceptors (Lipinski definition) is 4. The molecule has 0 aliphatic rings. The zero-order valence-corrected chi connectivity index (χ0v) is 10.7. The number of H-pyrrole nitrogens is 1. The number of fused-ring (bicyclic) bond motifs is 2. The molecule has 98 valence electrons. The summed E-state index contributed by atoms with van der Waals surface area (Å²) < 4.78 is 2.95. The van der Waals surface area contributed by atoms with Gasteiger partial charge in [0.05, 0.1) is 11.9 Å². The average Bonchev–Trinajstić information content (AvgIpc) is 3.07. The third-order valence-corrected chi connectivity index (χ3v) is 3.30. The van der Waals surface area contributed by atoms with Gasteiger partial charge in [-0.25, -0.2) is 0 Å². The molecular weight excluding hydrogens is 280 g/mol. The van der Waals surface area contributed by atoms with E-state index in [2.05, 4.69) is 20.3 Å². The molecule has 3 aromatic heterocycles. The van der Waals surface area contributed by atoms with Crippen molar-refractivity contribution in [1.82, 2.24) is 29.4 Å². The minimum atomic E-state index is -0.258. The molecule has 4 rings (SSSR count). The maximum absolute atomic E-state index is 12.2. The van der Waals surface area contributed by atoms with Crippen LogP contribution in [-0.2, 0) is 0 Å². The lowest BCUT2D eigenvalue weighted by molar-refractivity contribution is 0.913. The first-order chi connectivity index (χ1) is 9.74. The van der Waals surface area contributed by atoms with Crippen LogP contribution in [0.25, 0.3) is 22.5 Å². The maximum Gasteiger partial charge on any atom is 0.286 e. The number of nitrogens with one attached hydrogen (secondary N) is 1. The number of halogens is 1. The fourth-order valence-corrected chi connectivity index (χ4v) is 2.20. The fourth-order valence-electron chi connectivity index (χ4n) is 2.07. The second kappa shape index (κ2) is 3.91. The highest BCUT2D eigenvalue weighted by Crippen LogP contribution is 2.15. The van der Waals surface area contributed by atoms with Crippen LogP contribution in [0.2, 0.25) is 5.02 Å². The number of aromatic amines is 1. The van der Waals surface area contributed by atoms with Gasteiger partial charge in [0, 0.05) is 5.02 Å². The van der Waals surface area contributed by atoms with E-state index in [4.69, 9.17) is 11.6 Å². The number of rotatable bonds is 1. The van der Waals surface area contributed by atoms with Gasteiger partial charge >= 0.3 is 0 Å². The average molecular weight is 287 g/mol. The third-order valence-electron chi connectivity index (χ3n) is 3.05. The van der Waals surface area contributed by atoms with Crippen molar-refractivity contribution in [3.63, 3.8) is 0 Å². The van der Waals surface area contributed by atoms with Gasteiger partial charge in [-0.15, -0.1) is 0 Å². The van der Waals surface area contributed by atoms with E-state index in [9.17, 15) is 4.79 Å². The SMILES string of the molecule is O=c1c2cn[nH]c2nc2n(-c3ccc(Cl)cc3)cnn12. The molecule has 0 saturated heterocycles.